The Morgan fingerprint density at radius 2 is 1.57 bits per heavy atom. The molecule has 5 aromatic rings. The Morgan fingerprint density at radius 1 is 0.932 bits per heavy atom. The fraction of sp³-hybridized carbons (Fsp3) is 0.172. The van der Waals surface area contributed by atoms with Crippen molar-refractivity contribution >= 4 is 11.3 Å². The van der Waals surface area contributed by atoms with Crippen molar-refractivity contribution in [2.75, 3.05) is 0 Å². The third-order valence-corrected chi connectivity index (χ3v) is 6.52. The Labute approximate surface area is 249 Å². The van der Waals surface area contributed by atoms with Crippen molar-refractivity contribution in [2.24, 2.45) is 5.14 Å². The van der Waals surface area contributed by atoms with E-state index >= 15 is 0 Å². The number of rotatable bonds is 5. The van der Waals surface area contributed by atoms with Gasteiger partial charge in [0.15, 0.2) is 17.8 Å². The molecule has 0 aliphatic heterocycles. The predicted molar refractivity (Wildman–Crippen MR) is 149 cm³/mol. The Morgan fingerprint density at radius 3 is 2.16 bits per heavy atom. The first-order chi connectivity index (χ1) is 20.5. The molecule has 1 unspecified atom stereocenters. The molecule has 44 heavy (non-hydrogen) atoms. The summed E-state index contributed by atoms with van der Waals surface area (Å²) < 4.78 is 107. The summed E-state index contributed by atoms with van der Waals surface area (Å²) in [5.74, 6) is -0.0938. The SMILES string of the molecule is Cc1cccc(-c2ccc(-n3cc(C(F)(F)F)nc3C)c(-c3ocnc3-c3ccc(OC(F)(F)F)cc3)c2)c1C.NS(=O)[O-]. The number of nitrogens with zero attached hydrogens (tertiary/aromatic N) is 3. The number of halogens is 6. The van der Waals surface area contributed by atoms with E-state index in [1.54, 1.807) is 18.2 Å². The van der Waals surface area contributed by atoms with Crippen LogP contribution in [0.5, 0.6) is 5.75 Å². The van der Waals surface area contributed by atoms with Crippen molar-refractivity contribution in [1.82, 2.24) is 14.5 Å². The van der Waals surface area contributed by atoms with Crippen LogP contribution in [0.3, 0.4) is 0 Å². The smallest absolute Gasteiger partial charge is 0.573 e. The summed E-state index contributed by atoms with van der Waals surface area (Å²) in [6.07, 6.45) is -7.42. The van der Waals surface area contributed by atoms with Crippen LogP contribution in [0.4, 0.5) is 26.3 Å². The van der Waals surface area contributed by atoms with Crippen molar-refractivity contribution in [1.29, 1.82) is 0 Å². The summed E-state index contributed by atoms with van der Waals surface area (Å²) in [5.41, 5.74) is 4.20. The lowest BCUT2D eigenvalue weighted by molar-refractivity contribution is -0.274. The number of oxazole rings is 1. The van der Waals surface area contributed by atoms with E-state index in [-0.39, 0.29) is 17.3 Å². The second kappa shape index (κ2) is 12.6. The number of aryl methyl sites for hydroxylation is 2. The average molecular weight is 638 g/mol. The van der Waals surface area contributed by atoms with Crippen LogP contribution in [-0.2, 0) is 17.4 Å². The molecule has 2 N–H and O–H groups in total. The molecule has 1 atom stereocenters. The molecule has 3 aromatic carbocycles. The van der Waals surface area contributed by atoms with E-state index in [2.05, 4.69) is 19.8 Å². The topological polar surface area (TPSA) is 119 Å². The summed E-state index contributed by atoms with van der Waals surface area (Å²) >= 11 is -2.36. The zero-order chi connectivity index (χ0) is 32.4. The van der Waals surface area contributed by atoms with Gasteiger partial charge in [0.25, 0.3) is 0 Å². The number of alkyl halides is 6. The highest BCUT2D eigenvalue weighted by atomic mass is 32.2. The highest BCUT2D eigenvalue weighted by Crippen LogP contribution is 2.40. The molecule has 0 fully saturated rings. The van der Waals surface area contributed by atoms with Gasteiger partial charge in [0, 0.05) is 28.6 Å². The summed E-state index contributed by atoms with van der Waals surface area (Å²) in [4.78, 5) is 7.96. The monoisotopic (exact) mass is 637 g/mol. The zero-order valence-electron chi connectivity index (χ0n) is 23.2. The van der Waals surface area contributed by atoms with E-state index in [9.17, 15) is 26.3 Å². The fourth-order valence-electron chi connectivity index (χ4n) is 4.47. The number of benzene rings is 3. The third kappa shape index (κ3) is 7.53. The Balaban J connectivity index is 0.00000104. The van der Waals surface area contributed by atoms with Crippen LogP contribution in [0.1, 0.15) is 22.6 Å². The van der Waals surface area contributed by atoms with Crippen LogP contribution in [0.25, 0.3) is 39.4 Å². The summed E-state index contributed by atoms with van der Waals surface area (Å²) in [5, 5.41) is 4.03. The van der Waals surface area contributed by atoms with Gasteiger partial charge in [-0.25, -0.2) is 9.97 Å². The Bertz CT molecular complexity index is 1790. The molecule has 232 valence electrons. The number of ether oxygens (including phenoxy) is 1. The lowest BCUT2D eigenvalue weighted by Gasteiger charge is -2.15. The van der Waals surface area contributed by atoms with Crippen LogP contribution in [0.2, 0.25) is 0 Å². The molecule has 0 radical (unpaired) electrons. The normalized spacial score (nSPS) is 12.4. The Hall–Kier alpha value is -4.47. The van der Waals surface area contributed by atoms with Crippen molar-refractivity contribution in [3.05, 3.63) is 95.9 Å². The van der Waals surface area contributed by atoms with Crippen LogP contribution < -0.4 is 9.88 Å². The molecule has 0 bridgehead atoms. The van der Waals surface area contributed by atoms with Crippen LogP contribution in [0, 0.1) is 20.8 Å². The van der Waals surface area contributed by atoms with Gasteiger partial charge in [-0.05, 0) is 79.4 Å². The first kappa shape index (κ1) is 32.4. The van der Waals surface area contributed by atoms with E-state index in [1.807, 2.05) is 32.0 Å². The minimum absolute atomic E-state index is 0.0998. The van der Waals surface area contributed by atoms with Gasteiger partial charge >= 0.3 is 12.5 Å². The van der Waals surface area contributed by atoms with Gasteiger partial charge in [-0.1, -0.05) is 24.3 Å². The molecule has 0 saturated heterocycles. The van der Waals surface area contributed by atoms with Crippen LogP contribution >= 0.6 is 0 Å². The molecular weight excluding hydrogens is 614 g/mol. The second-order valence-corrected chi connectivity index (χ2v) is 9.90. The molecule has 0 aliphatic carbocycles. The molecular formula is C29H23F6N4O4S-. The van der Waals surface area contributed by atoms with Crippen molar-refractivity contribution < 1.29 is 44.3 Å². The van der Waals surface area contributed by atoms with Gasteiger partial charge in [0.05, 0.1) is 5.69 Å². The molecule has 2 heterocycles. The van der Waals surface area contributed by atoms with Crippen LogP contribution in [-0.4, -0.2) is 29.7 Å². The number of aromatic nitrogens is 3. The van der Waals surface area contributed by atoms with Crippen molar-refractivity contribution in [3.63, 3.8) is 0 Å². The Kier molecular flexibility index (Phi) is 9.32. The van der Waals surface area contributed by atoms with Gasteiger partial charge < -0.3 is 18.3 Å². The maximum atomic E-state index is 13.5. The van der Waals surface area contributed by atoms with Crippen LogP contribution in [0.15, 0.2) is 77.7 Å². The molecule has 0 aliphatic rings. The van der Waals surface area contributed by atoms with Gasteiger partial charge in [-0.15, -0.1) is 13.2 Å². The van der Waals surface area contributed by atoms with Gasteiger partial charge in [0.2, 0.25) is 0 Å². The largest absolute Gasteiger partial charge is 0.760 e. The molecule has 0 spiro atoms. The van der Waals surface area contributed by atoms with Gasteiger partial charge in [0.1, 0.15) is 17.3 Å². The molecule has 0 saturated carbocycles. The number of hydrogen-bond donors (Lipinski definition) is 1. The zero-order valence-corrected chi connectivity index (χ0v) is 24.0. The first-order valence-corrected chi connectivity index (χ1v) is 13.7. The second-order valence-electron chi connectivity index (χ2n) is 9.38. The molecule has 5 rings (SSSR count). The summed E-state index contributed by atoms with van der Waals surface area (Å²) in [7, 11) is 0. The summed E-state index contributed by atoms with van der Waals surface area (Å²) in [6.45, 7) is 5.40. The maximum absolute atomic E-state index is 13.5. The predicted octanol–water partition coefficient (Wildman–Crippen LogP) is 7.44. The molecule has 2 aromatic heterocycles. The van der Waals surface area contributed by atoms with E-state index in [0.717, 1.165) is 40.6 Å². The van der Waals surface area contributed by atoms with E-state index in [1.165, 1.54) is 30.0 Å². The number of hydrogen-bond acceptors (Lipinski definition) is 6. The lowest BCUT2D eigenvalue weighted by atomic mass is 9.94. The average Bonchev–Trinajstić information content (AvgIpc) is 3.56. The minimum atomic E-state index is -4.85. The highest BCUT2D eigenvalue weighted by Gasteiger charge is 2.35. The van der Waals surface area contributed by atoms with Gasteiger partial charge in [-0.3, -0.25) is 9.35 Å². The minimum Gasteiger partial charge on any atom is -0.760 e. The summed E-state index contributed by atoms with van der Waals surface area (Å²) in [6, 6.07) is 16.1. The fourth-order valence-corrected chi connectivity index (χ4v) is 4.47. The maximum Gasteiger partial charge on any atom is 0.573 e. The highest BCUT2D eigenvalue weighted by molar-refractivity contribution is 7.76. The quantitative estimate of drug-likeness (QED) is 0.158. The molecule has 0 amide bonds. The lowest BCUT2D eigenvalue weighted by Crippen LogP contribution is -2.16. The standard InChI is InChI=1S/C29H21F6N3O2.H3NO2S/c1-16-5-4-6-22(17(16)2)20-9-12-24(38-14-25(28(30,31)32)37-18(38)3)23(13-20)27-26(36-15-39-27)19-7-10-21(11-8-19)40-29(33,34)35;1-4(2)3/h4-15H,1-3H3;1H2,(H,2,3)/p-1. The van der Waals surface area contributed by atoms with E-state index in [4.69, 9.17) is 13.2 Å². The molecule has 15 heteroatoms. The van der Waals surface area contributed by atoms with Crippen molar-refractivity contribution in [2.45, 2.75) is 33.3 Å². The van der Waals surface area contributed by atoms with E-state index < -0.39 is 35.2 Å². The number of nitrogens with two attached hydrogens (primary N) is 1. The van der Waals surface area contributed by atoms with Gasteiger partial charge in [-0.2, -0.15) is 13.2 Å². The molecule has 8 nitrogen and oxygen atoms in total. The third-order valence-electron chi connectivity index (χ3n) is 6.52. The number of imidazole rings is 1. The first-order valence-electron chi connectivity index (χ1n) is 12.5. The van der Waals surface area contributed by atoms with Crippen molar-refractivity contribution in [3.8, 4) is 45.1 Å². The van der Waals surface area contributed by atoms with E-state index in [0.29, 0.717) is 16.8 Å².